The summed E-state index contributed by atoms with van der Waals surface area (Å²) in [5.41, 5.74) is 5.21. The fourth-order valence-electron chi connectivity index (χ4n) is 2.65. The molecule has 1 aromatic heterocycles. The lowest BCUT2D eigenvalue weighted by Crippen LogP contribution is -2.19. The van der Waals surface area contributed by atoms with Crippen molar-refractivity contribution in [3.63, 3.8) is 0 Å². The first-order chi connectivity index (χ1) is 9.99. The molecule has 0 atom stereocenters. The molecule has 0 radical (unpaired) electrons. The second-order valence-electron chi connectivity index (χ2n) is 6.35. The van der Waals surface area contributed by atoms with Crippen molar-refractivity contribution in [2.75, 3.05) is 6.67 Å². The minimum atomic E-state index is -0.440. The standard InChI is InChI=1S/C19H20FN/c1-13-9-16-10-15(7-8-18(16)21-13)14-5-4-6-17(11-14)19(2,3)12-20/h4-11,21H,12H2,1-3H3. The summed E-state index contributed by atoms with van der Waals surface area (Å²) in [4.78, 5) is 3.33. The van der Waals surface area contributed by atoms with E-state index in [9.17, 15) is 4.39 Å². The third-order valence-corrected chi connectivity index (χ3v) is 4.07. The molecule has 108 valence electrons. The van der Waals surface area contributed by atoms with Gasteiger partial charge in [0.25, 0.3) is 0 Å². The Hall–Kier alpha value is -2.09. The molecule has 2 heteroatoms. The first-order valence-corrected chi connectivity index (χ1v) is 7.26. The molecule has 1 N–H and O–H groups in total. The van der Waals surface area contributed by atoms with Gasteiger partial charge in [-0.3, -0.25) is 4.39 Å². The van der Waals surface area contributed by atoms with Crippen LogP contribution in [0.4, 0.5) is 4.39 Å². The Balaban J connectivity index is 2.07. The highest BCUT2D eigenvalue weighted by molar-refractivity contribution is 5.85. The lowest BCUT2D eigenvalue weighted by molar-refractivity contribution is 0.351. The number of benzene rings is 2. The number of H-pyrrole nitrogens is 1. The molecule has 0 spiro atoms. The van der Waals surface area contributed by atoms with E-state index in [1.807, 2.05) is 26.0 Å². The maximum atomic E-state index is 13.2. The number of nitrogens with one attached hydrogen (secondary N) is 1. The average Bonchev–Trinajstić information content (AvgIpc) is 2.86. The Labute approximate surface area is 124 Å². The van der Waals surface area contributed by atoms with Gasteiger partial charge in [-0.25, -0.2) is 0 Å². The number of aryl methyl sites for hydroxylation is 1. The predicted molar refractivity (Wildman–Crippen MR) is 87.5 cm³/mol. The Kier molecular flexibility index (Phi) is 3.32. The molecule has 0 bridgehead atoms. The predicted octanol–water partition coefficient (Wildman–Crippen LogP) is 5.39. The number of hydrogen-bond acceptors (Lipinski definition) is 0. The van der Waals surface area contributed by atoms with Crippen molar-refractivity contribution >= 4 is 10.9 Å². The van der Waals surface area contributed by atoms with Crippen molar-refractivity contribution in [1.82, 2.24) is 4.98 Å². The normalized spacial score (nSPS) is 12.0. The highest BCUT2D eigenvalue weighted by atomic mass is 19.1. The van der Waals surface area contributed by atoms with Crippen molar-refractivity contribution in [2.24, 2.45) is 0 Å². The number of alkyl halides is 1. The van der Waals surface area contributed by atoms with Crippen molar-refractivity contribution in [2.45, 2.75) is 26.2 Å². The van der Waals surface area contributed by atoms with Crippen LogP contribution in [0, 0.1) is 6.92 Å². The zero-order valence-corrected chi connectivity index (χ0v) is 12.7. The number of rotatable bonds is 3. The van der Waals surface area contributed by atoms with E-state index in [1.54, 1.807) is 0 Å². The fourth-order valence-corrected chi connectivity index (χ4v) is 2.65. The largest absolute Gasteiger partial charge is 0.359 e. The molecule has 21 heavy (non-hydrogen) atoms. The first-order valence-electron chi connectivity index (χ1n) is 7.26. The summed E-state index contributed by atoms with van der Waals surface area (Å²) in [5, 5.41) is 1.21. The third kappa shape index (κ3) is 2.58. The molecule has 0 saturated heterocycles. The van der Waals surface area contributed by atoms with E-state index in [-0.39, 0.29) is 6.67 Å². The molecule has 3 aromatic rings. The Morgan fingerprint density at radius 3 is 2.52 bits per heavy atom. The van der Waals surface area contributed by atoms with Crippen LogP contribution in [0.2, 0.25) is 0 Å². The lowest BCUT2D eigenvalue weighted by Gasteiger charge is -2.21. The second-order valence-corrected chi connectivity index (χ2v) is 6.35. The summed E-state index contributed by atoms with van der Waals surface area (Å²) in [6.45, 7) is 5.58. The summed E-state index contributed by atoms with van der Waals surface area (Å²) in [7, 11) is 0. The number of halogens is 1. The quantitative estimate of drug-likeness (QED) is 0.662. The fraction of sp³-hybridized carbons (Fsp3) is 0.263. The summed E-state index contributed by atoms with van der Waals surface area (Å²) in [6.07, 6.45) is 0. The van der Waals surface area contributed by atoms with E-state index in [0.29, 0.717) is 0 Å². The van der Waals surface area contributed by atoms with E-state index in [1.165, 1.54) is 5.39 Å². The number of aromatic amines is 1. The van der Waals surface area contributed by atoms with Gasteiger partial charge in [-0.2, -0.15) is 0 Å². The molecule has 0 aliphatic carbocycles. The van der Waals surface area contributed by atoms with Crippen LogP contribution >= 0.6 is 0 Å². The van der Waals surface area contributed by atoms with Crippen molar-refractivity contribution < 1.29 is 4.39 Å². The molecular formula is C19H20FN. The summed E-state index contributed by atoms with van der Waals surface area (Å²) < 4.78 is 13.2. The van der Waals surface area contributed by atoms with Crippen LogP contribution in [0.1, 0.15) is 25.1 Å². The van der Waals surface area contributed by atoms with Gasteiger partial charge in [-0.05, 0) is 41.8 Å². The minimum Gasteiger partial charge on any atom is -0.359 e. The van der Waals surface area contributed by atoms with Gasteiger partial charge in [0.05, 0.1) is 6.67 Å². The summed E-state index contributed by atoms with van der Waals surface area (Å²) in [5.74, 6) is 0. The van der Waals surface area contributed by atoms with Crippen LogP contribution in [0.15, 0.2) is 48.5 Å². The third-order valence-electron chi connectivity index (χ3n) is 4.07. The van der Waals surface area contributed by atoms with Crippen molar-refractivity contribution in [1.29, 1.82) is 0 Å². The average molecular weight is 281 g/mol. The van der Waals surface area contributed by atoms with Crippen LogP contribution in [-0.4, -0.2) is 11.7 Å². The summed E-state index contributed by atoms with van der Waals surface area (Å²) in [6, 6.07) is 16.7. The van der Waals surface area contributed by atoms with E-state index in [4.69, 9.17) is 0 Å². The molecule has 0 fully saturated rings. The van der Waals surface area contributed by atoms with Gasteiger partial charge in [0.1, 0.15) is 0 Å². The maximum Gasteiger partial charge on any atom is 0.0985 e. The minimum absolute atomic E-state index is 0.355. The second kappa shape index (κ2) is 5.03. The molecule has 1 nitrogen and oxygen atoms in total. The topological polar surface area (TPSA) is 15.8 Å². The number of aromatic nitrogens is 1. The number of fused-ring (bicyclic) bond motifs is 1. The lowest BCUT2D eigenvalue weighted by atomic mass is 9.84. The molecule has 0 saturated carbocycles. The van der Waals surface area contributed by atoms with Gasteiger partial charge in [0.2, 0.25) is 0 Å². The summed E-state index contributed by atoms with van der Waals surface area (Å²) >= 11 is 0. The van der Waals surface area contributed by atoms with Gasteiger partial charge in [-0.1, -0.05) is 44.2 Å². The van der Waals surface area contributed by atoms with Gasteiger partial charge in [-0.15, -0.1) is 0 Å². The van der Waals surface area contributed by atoms with Crippen LogP contribution in [0.5, 0.6) is 0 Å². The molecule has 3 rings (SSSR count). The maximum absolute atomic E-state index is 13.2. The number of hydrogen-bond donors (Lipinski definition) is 1. The van der Waals surface area contributed by atoms with Crippen LogP contribution < -0.4 is 0 Å². The van der Waals surface area contributed by atoms with Gasteiger partial charge < -0.3 is 4.98 Å². The van der Waals surface area contributed by atoms with Gasteiger partial charge >= 0.3 is 0 Å². The zero-order chi connectivity index (χ0) is 15.0. The highest BCUT2D eigenvalue weighted by Gasteiger charge is 2.20. The Bertz CT molecular complexity index is 783. The van der Waals surface area contributed by atoms with Crippen LogP contribution in [0.3, 0.4) is 0 Å². The molecular weight excluding hydrogens is 261 g/mol. The Morgan fingerprint density at radius 1 is 1.00 bits per heavy atom. The molecule has 2 aromatic carbocycles. The van der Waals surface area contributed by atoms with Gasteiger partial charge in [0.15, 0.2) is 0 Å². The SMILES string of the molecule is Cc1cc2cc(-c3cccc(C(C)(C)CF)c3)ccc2[nH]1. The zero-order valence-electron chi connectivity index (χ0n) is 12.7. The van der Waals surface area contributed by atoms with E-state index in [2.05, 4.69) is 48.3 Å². The van der Waals surface area contributed by atoms with Crippen LogP contribution in [-0.2, 0) is 5.41 Å². The van der Waals surface area contributed by atoms with E-state index in [0.717, 1.165) is 27.9 Å². The first kappa shape index (κ1) is 13.9. The smallest absolute Gasteiger partial charge is 0.0985 e. The highest BCUT2D eigenvalue weighted by Crippen LogP contribution is 2.30. The van der Waals surface area contributed by atoms with Crippen molar-refractivity contribution in [3.8, 4) is 11.1 Å². The van der Waals surface area contributed by atoms with E-state index >= 15 is 0 Å². The Morgan fingerprint density at radius 2 is 1.76 bits per heavy atom. The molecule has 1 heterocycles. The monoisotopic (exact) mass is 281 g/mol. The molecule has 0 unspecified atom stereocenters. The molecule has 0 amide bonds. The van der Waals surface area contributed by atoms with Crippen LogP contribution in [0.25, 0.3) is 22.0 Å². The van der Waals surface area contributed by atoms with Crippen molar-refractivity contribution in [3.05, 3.63) is 59.8 Å². The molecule has 0 aliphatic rings. The van der Waals surface area contributed by atoms with Gasteiger partial charge in [0, 0.05) is 22.0 Å². The van der Waals surface area contributed by atoms with E-state index < -0.39 is 5.41 Å². The molecule has 0 aliphatic heterocycles.